The van der Waals surface area contributed by atoms with Gasteiger partial charge in [0.2, 0.25) is 5.69 Å². The van der Waals surface area contributed by atoms with E-state index in [0.29, 0.717) is 6.42 Å². The third kappa shape index (κ3) is 2.80. The summed E-state index contributed by atoms with van der Waals surface area (Å²) in [6.07, 6.45) is 3.21. The van der Waals surface area contributed by atoms with Crippen molar-refractivity contribution in [1.82, 2.24) is 15.5 Å². The number of fused-ring (bicyclic) bond motifs is 1. The summed E-state index contributed by atoms with van der Waals surface area (Å²) < 4.78 is 0. The second kappa shape index (κ2) is 5.81. The molecule has 3 rings (SSSR count). The SMILES string of the molecule is O=C(NCC1(O)CCCc2ccccc21)c1[nH]ncc1[N+](=O)[O-]. The van der Waals surface area contributed by atoms with Crippen LogP contribution in [0.25, 0.3) is 0 Å². The van der Waals surface area contributed by atoms with Crippen LogP contribution in [0.1, 0.15) is 34.5 Å². The van der Waals surface area contributed by atoms with Crippen molar-refractivity contribution in [2.75, 3.05) is 6.54 Å². The summed E-state index contributed by atoms with van der Waals surface area (Å²) in [5.74, 6) is -0.661. The van der Waals surface area contributed by atoms with Gasteiger partial charge in [-0.3, -0.25) is 20.0 Å². The van der Waals surface area contributed by atoms with Crippen molar-refractivity contribution < 1.29 is 14.8 Å². The lowest BCUT2D eigenvalue weighted by molar-refractivity contribution is -0.385. The Balaban J connectivity index is 1.77. The Kier molecular flexibility index (Phi) is 3.83. The van der Waals surface area contributed by atoms with E-state index >= 15 is 0 Å². The fourth-order valence-corrected chi connectivity index (χ4v) is 2.98. The Bertz CT molecular complexity index is 757. The maximum absolute atomic E-state index is 12.1. The molecular weight excluding hydrogens is 300 g/mol. The van der Waals surface area contributed by atoms with Crippen LogP contribution in [0.15, 0.2) is 30.5 Å². The standard InChI is InChI=1S/C15H16N4O4/c20-14(13-12(19(22)23)8-17-18-13)16-9-15(21)7-3-5-10-4-1-2-6-11(10)15/h1-2,4,6,8,21H,3,5,7,9H2,(H,16,20)(H,17,18). The van der Waals surface area contributed by atoms with Crippen molar-refractivity contribution in [3.8, 4) is 0 Å². The molecule has 8 heteroatoms. The number of aliphatic hydroxyl groups is 1. The van der Waals surface area contributed by atoms with E-state index in [1.165, 1.54) is 0 Å². The molecule has 1 unspecified atom stereocenters. The largest absolute Gasteiger partial charge is 0.383 e. The van der Waals surface area contributed by atoms with Gasteiger partial charge in [0.15, 0.2) is 0 Å². The van der Waals surface area contributed by atoms with E-state index in [-0.39, 0.29) is 12.2 Å². The molecule has 0 saturated heterocycles. The molecule has 1 aromatic carbocycles. The highest BCUT2D eigenvalue weighted by Gasteiger charge is 2.35. The number of benzene rings is 1. The summed E-state index contributed by atoms with van der Waals surface area (Å²) in [6, 6.07) is 7.56. The number of carbonyl (C=O) groups excluding carboxylic acids is 1. The Morgan fingerprint density at radius 1 is 1.48 bits per heavy atom. The monoisotopic (exact) mass is 316 g/mol. The zero-order valence-corrected chi connectivity index (χ0v) is 12.3. The average molecular weight is 316 g/mol. The van der Waals surface area contributed by atoms with E-state index in [0.717, 1.165) is 30.2 Å². The van der Waals surface area contributed by atoms with Gasteiger partial charge in [0.05, 0.1) is 11.5 Å². The van der Waals surface area contributed by atoms with E-state index in [9.17, 15) is 20.0 Å². The first-order chi connectivity index (χ1) is 11.0. The van der Waals surface area contributed by atoms with Crippen LogP contribution in [0.3, 0.4) is 0 Å². The normalized spacial score (nSPS) is 19.9. The summed E-state index contributed by atoms with van der Waals surface area (Å²) in [7, 11) is 0. The summed E-state index contributed by atoms with van der Waals surface area (Å²) >= 11 is 0. The zero-order valence-electron chi connectivity index (χ0n) is 12.3. The fourth-order valence-electron chi connectivity index (χ4n) is 2.98. The molecule has 23 heavy (non-hydrogen) atoms. The second-order valence-corrected chi connectivity index (χ2v) is 5.61. The van der Waals surface area contributed by atoms with Gasteiger partial charge in [-0.1, -0.05) is 24.3 Å². The molecule has 0 spiro atoms. The lowest BCUT2D eigenvalue weighted by Crippen LogP contribution is -2.43. The number of nitrogens with one attached hydrogen (secondary N) is 2. The van der Waals surface area contributed by atoms with Crippen molar-refractivity contribution in [2.45, 2.75) is 24.9 Å². The molecule has 1 heterocycles. The first-order valence-corrected chi connectivity index (χ1v) is 7.28. The van der Waals surface area contributed by atoms with E-state index in [1.807, 2.05) is 24.3 Å². The molecule has 1 aliphatic rings. The molecule has 120 valence electrons. The van der Waals surface area contributed by atoms with Crippen LogP contribution in [0, 0.1) is 10.1 Å². The third-order valence-corrected chi connectivity index (χ3v) is 4.14. The van der Waals surface area contributed by atoms with Crippen LogP contribution >= 0.6 is 0 Å². The van der Waals surface area contributed by atoms with Crippen LogP contribution < -0.4 is 5.32 Å². The molecule has 0 fully saturated rings. The van der Waals surface area contributed by atoms with E-state index in [1.54, 1.807) is 0 Å². The van der Waals surface area contributed by atoms with Crippen LogP contribution in [-0.4, -0.2) is 32.7 Å². The molecular formula is C15H16N4O4. The predicted molar refractivity (Wildman–Crippen MR) is 80.9 cm³/mol. The highest BCUT2D eigenvalue weighted by atomic mass is 16.6. The Hall–Kier alpha value is -2.74. The number of aromatic nitrogens is 2. The minimum absolute atomic E-state index is 0.0149. The van der Waals surface area contributed by atoms with Crippen molar-refractivity contribution in [1.29, 1.82) is 0 Å². The number of aryl methyl sites for hydroxylation is 1. The number of carbonyl (C=O) groups is 1. The fraction of sp³-hybridized carbons (Fsp3) is 0.333. The summed E-state index contributed by atoms with van der Waals surface area (Å²) in [6.45, 7) is -0.0149. The first kappa shape index (κ1) is 15.2. The average Bonchev–Trinajstić information content (AvgIpc) is 3.03. The Morgan fingerprint density at radius 3 is 3.04 bits per heavy atom. The quantitative estimate of drug-likeness (QED) is 0.579. The minimum Gasteiger partial charge on any atom is -0.383 e. The Morgan fingerprint density at radius 2 is 2.26 bits per heavy atom. The van der Waals surface area contributed by atoms with Crippen LogP contribution in [0.2, 0.25) is 0 Å². The molecule has 3 N–H and O–H groups in total. The molecule has 0 bridgehead atoms. The highest BCUT2D eigenvalue weighted by molar-refractivity contribution is 5.96. The second-order valence-electron chi connectivity index (χ2n) is 5.61. The minimum atomic E-state index is -1.17. The van der Waals surface area contributed by atoms with Crippen LogP contribution in [0.5, 0.6) is 0 Å². The molecule has 0 saturated carbocycles. The smallest absolute Gasteiger partial charge is 0.319 e. The third-order valence-electron chi connectivity index (χ3n) is 4.14. The van der Waals surface area contributed by atoms with Crippen LogP contribution in [-0.2, 0) is 12.0 Å². The lowest BCUT2D eigenvalue weighted by atomic mass is 9.79. The number of nitrogens with zero attached hydrogens (tertiary/aromatic N) is 2. The van der Waals surface area contributed by atoms with Crippen molar-refractivity contribution in [3.05, 3.63) is 57.4 Å². The topological polar surface area (TPSA) is 121 Å². The summed E-state index contributed by atoms with van der Waals surface area (Å²) in [5, 5.41) is 30.1. The van der Waals surface area contributed by atoms with Crippen LogP contribution in [0.4, 0.5) is 5.69 Å². The molecule has 1 aromatic heterocycles. The lowest BCUT2D eigenvalue weighted by Gasteiger charge is -2.34. The molecule has 2 aromatic rings. The van der Waals surface area contributed by atoms with Gasteiger partial charge in [-0.05, 0) is 30.4 Å². The number of H-pyrrole nitrogens is 1. The van der Waals surface area contributed by atoms with Gasteiger partial charge in [-0.15, -0.1) is 0 Å². The number of amides is 1. The van der Waals surface area contributed by atoms with Gasteiger partial charge >= 0.3 is 5.69 Å². The van der Waals surface area contributed by atoms with Gasteiger partial charge in [0, 0.05) is 0 Å². The molecule has 1 aliphatic carbocycles. The van der Waals surface area contributed by atoms with Gasteiger partial charge in [0.1, 0.15) is 11.8 Å². The highest BCUT2D eigenvalue weighted by Crippen LogP contribution is 2.34. The number of hydrogen-bond acceptors (Lipinski definition) is 5. The number of rotatable bonds is 4. The van der Waals surface area contributed by atoms with Gasteiger partial charge < -0.3 is 10.4 Å². The molecule has 0 aliphatic heterocycles. The van der Waals surface area contributed by atoms with Gasteiger partial charge in [-0.2, -0.15) is 5.10 Å². The van der Waals surface area contributed by atoms with E-state index in [4.69, 9.17) is 0 Å². The maximum atomic E-state index is 12.1. The Labute approximate surface area is 131 Å². The number of aromatic amines is 1. The molecule has 0 radical (unpaired) electrons. The van der Waals surface area contributed by atoms with E-state index in [2.05, 4.69) is 15.5 Å². The zero-order chi connectivity index (χ0) is 16.4. The molecule has 8 nitrogen and oxygen atoms in total. The molecule has 1 atom stereocenters. The van der Waals surface area contributed by atoms with Crippen molar-refractivity contribution >= 4 is 11.6 Å². The summed E-state index contributed by atoms with van der Waals surface area (Å²) in [5.41, 5.74) is 0.0779. The van der Waals surface area contributed by atoms with Crippen molar-refractivity contribution in [3.63, 3.8) is 0 Å². The first-order valence-electron chi connectivity index (χ1n) is 7.28. The number of hydrogen-bond donors (Lipinski definition) is 3. The number of nitro groups is 1. The van der Waals surface area contributed by atoms with Gasteiger partial charge in [-0.25, -0.2) is 0 Å². The molecule has 1 amide bonds. The summed E-state index contributed by atoms with van der Waals surface area (Å²) in [4.78, 5) is 22.3. The van der Waals surface area contributed by atoms with Gasteiger partial charge in [0.25, 0.3) is 5.91 Å². The van der Waals surface area contributed by atoms with Crippen molar-refractivity contribution in [2.24, 2.45) is 0 Å². The maximum Gasteiger partial charge on any atom is 0.319 e. The predicted octanol–water partition coefficient (Wildman–Crippen LogP) is 1.27. The van der Waals surface area contributed by atoms with E-state index < -0.39 is 22.1 Å².